The lowest BCUT2D eigenvalue weighted by Gasteiger charge is -2.05. The van der Waals surface area contributed by atoms with Crippen molar-refractivity contribution in [2.75, 3.05) is 11.1 Å². The largest absolute Gasteiger partial charge is 0.309 e. The Kier molecular flexibility index (Phi) is 5.96. The first kappa shape index (κ1) is 18.2. The first-order valence-corrected chi connectivity index (χ1v) is 9.89. The Morgan fingerprint density at radius 1 is 1.28 bits per heavy atom. The van der Waals surface area contributed by atoms with Crippen molar-refractivity contribution in [2.45, 2.75) is 11.3 Å². The Hall–Kier alpha value is -1.60. The van der Waals surface area contributed by atoms with Gasteiger partial charge in [0.05, 0.1) is 21.5 Å². The first-order chi connectivity index (χ1) is 12.0. The maximum Gasteiger partial charge on any atom is 0.236 e. The summed E-state index contributed by atoms with van der Waals surface area (Å²) in [7, 11) is 0. The Balaban J connectivity index is 1.58. The van der Waals surface area contributed by atoms with Crippen molar-refractivity contribution in [1.29, 1.82) is 0 Å². The smallest absolute Gasteiger partial charge is 0.236 e. The van der Waals surface area contributed by atoms with Crippen molar-refractivity contribution in [2.24, 2.45) is 0 Å². The minimum Gasteiger partial charge on any atom is -0.309 e. The van der Waals surface area contributed by atoms with Crippen LogP contribution in [-0.2, 0) is 4.79 Å². The summed E-state index contributed by atoms with van der Waals surface area (Å²) in [6, 6.07) is 9.72. The molecule has 0 aliphatic carbocycles. The van der Waals surface area contributed by atoms with E-state index >= 15 is 0 Å². The van der Waals surface area contributed by atoms with Gasteiger partial charge < -0.3 is 5.32 Å². The lowest BCUT2D eigenvalue weighted by Crippen LogP contribution is -2.15. The van der Waals surface area contributed by atoms with Crippen molar-refractivity contribution in [3.63, 3.8) is 0 Å². The normalized spacial score (nSPS) is 10.7. The number of rotatable bonds is 5. The highest BCUT2D eigenvalue weighted by molar-refractivity contribution is 8.01. The van der Waals surface area contributed by atoms with Gasteiger partial charge in [0, 0.05) is 17.1 Å². The second kappa shape index (κ2) is 8.19. The summed E-state index contributed by atoms with van der Waals surface area (Å²) in [6.07, 6.45) is 1.44. The molecular formula is C17H13Cl2N3OS2. The number of thioether (sulfide) groups is 1. The number of pyridine rings is 1. The van der Waals surface area contributed by atoms with E-state index in [0.717, 1.165) is 15.6 Å². The zero-order valence-corrected chi connectivity index (χ0v) is 16.3. The van der Waals surface area contributed by atoms with Crippen LogP contribution < -0.4 is 5.32 Å². The maximum atomic E-state index is 12.1. The standard InChI is InChI=1S/C17H13Cl2N3OS2/c1-10-2-4-11(5-3-10)14-8-24-17(21-14)25-9-15(23)22-16-13(19)6-12(18)7-20-16/h2-8H,9H2,1H3,(H,20,22,23). The molecule has 0 saturated carbocycles. The highest BCUT2D eigenvalue weighted by Crippen LogP contribution is 2.29. The number of carbonyl (C=O) groups excluding carboxylic acids is 1. The number of benzene rings is 1. The fourth-order valence-electron chi connectivity index (χ4n) is 1.98. The van der Waals surface area contributed by atoms with E-state index in [9.17, 15) is 4.79 Å². The Morgan fingerprint density at radius 3 is 2.76 bits per heavy atom. The van der Waals surface area contributed by atoms with Crippen LogP contribution >= 0.6 is 46.3 Å². The van der Waals surface area contributed by atoms with Crippen LogP contribution in [0.25, 0.3) is 11.3 Å². The summed E-state index contributed by atoms with van der Waals surface area (Å²) in [5.41, 5.74) is 3.19. The molecule has 2 heterocycles. The molecule has 1 N–H and O–H groups in total. The van der Waals surface area contributed by atoms with Crippen LogP contribution in [0.1, 0.15) is 5.56 Å². The van der Waals surface area contributed by atoms with Crippen molar-refractivity contribution >= 4 is 58.0 Å². The third kappa shape index (κ3) is 4.95. The number of carbonyl (C=O) groups is 1. The van der Waals surface area contributed by atoms with E-state index in [2.05, 4.69) is 27.4 Å². The van der Waals surface area contributed by atoms with Gasteiger partial charge >= 0.3 is 0 Å². The molecule has 0 radical (unpaired) electrons. The van der Waals surface area contributed by atoms with Crippen molar-refractivity contribution < 1.29 is 4.79 Å². The number of aryl methyl sites for hydroxylation is 1. The van der Waals surface area contributed by atoms with Gasteiger partial charge in [0.2, 0.25) is 5.91 Å². The molecule has 3 aromatic rings. The molecule has 0 aliphatic rings. The van der Waals surface area contributed by atoms with Gasteiger partial charge in [-0.1, -0.05) is 64.8 Å². The van der Waals surface area contributed by atoms with Gasteiger partial charge in [0.25, 0.3) is 0 Å². The number of anilines is 1. The number of aromatic nitrogens is 2. The van der Waals surface area contributed by atoms with Gasteiger partial charge in [-0.3, -0.25) is 4.79 Å². The lowest BCUT2D eigenvalue weighted by molar-refractivity contribution is -0.113. The van der Waals surface area contributed by atoms with Gasteiger partial charge in [0.1, 0.15) is 0 Å². The summed E-state index contributed by atoms with van der Waals surface area (Å²) in [4.78, 5) is 20.6. The second-order valence-corrected chi connectivity index (χ2v) is 8.11. The second-order valence-electron chi connectivity index (χ2n) is 5.19. The number of nitrogens with zero attached hydrogens (tertiary/aromatic N) is 2. The molecule has 8 heteroatoms. The van der Waals surface area contributed by atoms with Crippen LogP contribution in [0.5, 0.6) is 0 Å². The van der Waals surface area contributed by atoms with Crippen LogP contribution in [-0.4, -0.2) is 21.6 Å². The molecule has 0 fully saturated rings. The summed E-state index contributed by atoms with van der Waals surface area (Å²) < 4.78 is 0.834. The zero-order chi connectivity index (χ0) is 17.8. The molecule has 1 amide bonds. The van der Waals surface area contributed by atoms with Gasteiger partial charge in [-0.15, -0.1) is 11.3 Å². The van der Waals surface area contributed by atoms with E-state index in [1.165, 1.54) is 40.9 Å². The molecule has 25 heavy (non-hydrogen) atoms. The van der Waals surface area contributed by atoms with Gasteiger partial charge in [-0.25, -0.2) is 9.97 Å². The van der Waals surface area contributed by atoms with E-state index < -0.39 is 0 Å². The number of thiazole rings is 1. The molecule has 0 spiro atoms. The molecular weight excluding hydrogens is 397 g/mol. The molecule has 0 atom stereocenters. The molecule has 1 aromatic carbocycles. The monoisotopic (exact) mass is 409 g/mol. The molecule has 2 aromatic heterocycles. The van der Waals surface area contributed by atoms with Gasteiger partial charge in [0.15, 0.2) is 10.2 Å². The lowest BCUT2D eigenvalue weighted by atomic mass is 10.1. The maximum absolute atomic E-state index is 12.1. The molecule has 0 aliphatic heterocycles. The van der Waals surface area contributed by atoms with E-state index in [0.29, 0.717) is 15.9 Å². The van der Waals surface area contributed by atoms with Crippen LogP contribution in [0.4, 0.5) is 5.82 Å². The number of nitrogens with one attached hydrogen (secondary N) is 1. The molecule has 0 unspecified atom stereocenters. The highest BCUT2D eigenvalue weighted by atomic mass is 35.5. The van der Waals surface area contributed by atoms with Crippen LogP contribution in [0.15, 0.2) is 46.2 Å². The van der Waals surface area contributed by atoms with E-state index in [1.54, 1.807) is 0 Å². The number of amides is 1. The van der Waals surface area contributed by atoms with Gasteiger partial charge in [-0.05, 0) is 13.0 Å². The fraction of sp³-hybridized carbons (Fsp3) is 0.118. The van der Waals surface area contributed by atoms with Crippen LogP contribution in [0.3, 0.4) is 0 Å². The third-order valence-electron chi connectivity index (χ3n) is 3.22. The predicted molar refractivity (Wildman–Crippen MR) is 106 cm³/mol. The zero-order valence-electron chi connectivity index (χ0n) is 13.1. The molecule has 0 bridgehead atoms. The molecule has 4 nitrogen and oxygen atoms in total. The number of hydrogen-bond acceptors (Lipinski definition) is 5. The Morgan fingerprint density at radius 2 is 2.04 bits per heavy atom. The minimum atomic E-state index is -0.200. The van der Waals surface area contributed by atoms with Crippen molar-refractivity contribution in [3.05, 3.63) is 57.5 Å². The molecule has 3 rings (SSSR count). The van der Waals surface area contributed by atoms with Crippen molar-refractivity contribution in [3.8, 4) is 11.3 Å². The molecule has 128 valence electrons. The summed E-state index contributed by atoms with van der Waals surface area (Å²) in [6.45, 7) is 2.05. The van der Waals surface area contributed by atoms with Crippen LogP contribution in [0, 0.1) is 6.92 Å². The fourth-order valence-corrected chi connectivity index (χ4v) is 4.05. The quantitative estimate of drug-likeness (QED) is 0.561. The topological polar surface area (TPSA) is 54.9 Å². The Bertz CT molecular complexity index is 897. The average molecular weight is 410 g/mol. The summed E-state index contributed by atoms with van der Waals surface area (Å²) in [5.74, 6) is 0.326. The first-order valence-electron chi connectivity index (χ1n) is 7.27. The van der Waals surface area contributed by atoms with E-state index in [4.69, 9.17) is 23.2 Å². The van der Waals surface area contributed by atoms with Gasteiger partial charge in [-0.2, -0.15) is 0 Å². The summed E-state index contributed by atoms with van der Waals surface area (Å²) in [5, 5.41) is 5.38. The SMILES string of the molecule is Cc1ccc(-c2csc(SCC(=O)Nc3ncc(Cl)cc3Cl)n2)cc1. The Labute approximate surface area is 163 Å². The van der Waals surface area contributed by atoms with E-state index in [-0.39, 0.29) is 11.7 Å². The molecule has 0 saturated heterocycles. The highest BCUT2D eigenvalue weighted by Gasteiger charge is 2.11. The van der Waals surface area contributed by atoms with E-state index in [1.807, 2.05) is 24.4 Å². The summed E-state index contributed by atoms with van der Waals surface area (Å²) >= 11 is 14.7. The minimum absolute atomic E-state index is 0.200. The predicted octanol–water partition coefficient (Wildman–Crippen LogP) is 5.55. The average Bonchev–Trinajstić information content (AvgIpc) is 3.05. The number of halogens is 2. The van der Waals surface area contributed by atoms with Crippen LogP contribution in [0.2, 0.25) is 10.0 Å². The number of hydrogen-bond donors (Lipinski definition) is 1. The third-order valence-corrected chi connectivity index (χ3v) is 5.74. The van der Waals surface area contributed by atoms with Crippen molar-refractivity contribution in [1.82, 2.24) is 9.97 Å².